The fourth-order valence-electron chi connectivity index (χ4n) is 3.44. The van der Waals surface area contributed by atoms with E-state index in [1.54, 1.807) is 0 Å². The van der Waals surface area contributed by atoms with Gasteiger partial charge in [0.05, 0.1) is 0 Å². The number of nitrogens with zero attached hydrogens (tertiary/aromatic N) is 1. The average molecular weight is 332 g/mol. The summed E-state index contributed by atoms with van der Waals surface area (Å²) >= 11 is 6.02. The van der Waals surface area contributed by atoms with Crippen LogP contribution in [-0.4, -0.2) is 15.6 Å². The molecule has 122 valence electrons. The Hall–Kier alpha value is -1.74. The summed E-state index contributed by atoms with van der Waals surface area (Å²) in [6.07, 6.45) is 7.57. The molecule has 0 bridgehead atoms. The second kappa shape index (κ2) is 7.22. The van der Waals surface area contributed by atoms with Gasteiger partial charge in [-0.05, 0) is 80.8 Å². The lowest BCUT2D eigenvalue weighted by Gasteiger charge is -2.17. The van der Waals surface area contributed by atoms with E-state index in [1.807, 2.05) is 12.1 Å². The Balaban J connectivity index is 1.87. The summed E-state index contributed by atoms with van der Waals surface area (Å²) in [5.74, 6) is -0.711. The summed E-state index contributed by atoms with van der Waals surface area (Å²) in [4.78, 5) is 10.7. The number of unbranched alkanes of at least 4 members (excludes halogenated alkanes) is 1. The van der Waals surface area contributed by atoms with E-state index < -0.39 is 5.97 Å². The highest BCUT2D eigenvalue weighted by Crippen LogP contribution is 2.29. The molecule has 0 saturated heterocycles. The van der Waals surface area contributed by atoms with Crippen molar-refractivity contribution in [2.75, 3.05) is 0 Å². The fraction of sp³-hybridized carbons (Fsp3) is 0.421. The van der Waals surface area contributed by atoms with Crippen LogP contribution < -0.4 is 0 Å². The Labute approximate surface area is 141 Å². The number of carboxylic acids is 1. The monoisotopic (exact) mass is 331 g/mol. The largest absolute Gasteiger partial charge is 0.481 e. The molecule has 0 unspecified atom stereocenters. The van der Waals surface area contributed by atoms with Crippen LogP contribution in [0.4, 0.5) is 0 Å². The van der Waals surface area contributed by atoms with Gasteiger partial charge in [-0.2, -0.15) is 0 Å². The number of rotatable bonds is 6. The number of aryl methyl sites for hydroxylation is 2. The molecule has 1 aliphatic rings. The number of carbonyl (C=O) groups is 1. The summed E-state index contributed by atoms with van der Waals surface area (Å²) in [7, 11) is 0. The molecule has 1 heterocycles. The van der Waals surface area contributed by atoms with E-state index in [-0.39, 0.29) is 6.42 Å². The Morgan fingerprint density at radius 3 is 2.61 bits per heavy atom. The van der Waals surface area contributed by atoms with Gasteiger partial charge in [0.2, 0.25) is 0 Å². The first kappa shape index (κ1) is 16.1. The van der Waals surface area contributed by atoms with Crippen molar-refractivity contribution in [1.29, 1.82) is 0 Å². The highest BCUT2D eigenvalue weighted by atomic mass is 35.5. The van der Waals surface area contributed by atoms with Crippen molar-refractivity contribution in [2.45, 2.75) is 51.4 Å². The number of fused-ring (bicyclic) bond motifs is 1. The third-order valence-electron chi connectivity index (χ3n) is 4.54. The Bertz CT molecular complexity index is 688. The van der Waals surface area contributed by atoms with Crippen LogP contribution in [0.2, 0.25) is 5.02 Å². The van der Waals surface area contributed by atoms with Crippen molar-refractivity contribution >= 4 is 17.6 Å². The molecule has 0 aliphatic heterocycles. The van der Waals surface area contributed by atoms with Gasteiger partial charge in [-0.15, -0.1) is 0 Å². The van der Waals surface area contributed by atoms with E-state index in [0.717, 1.165) is 42.8 Å². The highest BCUT2D eigenvalue weighted by molar-refractivity contribution is 6.30. The van der Waals surface area contributed by atoms with Gasteiger partial charge in [-0.1, -0.05) is 11.6 Å². The second-order valence-electron chi connectivity index (χ2n) is 6.23. The minimum Gasteiger partial charge on any atom is -0.481 e. The van der Waals surface area contributed by atoms with E-state index in [0.29, 0.717) is 0 Å². The lowest BCUT2D eigenvalue weighted by atomic mass is 9.98. The summed E-state index contributed by atoms with van der Waals surface area (Å²) < 4.78 is 2.37. The van der Waals surface area contributed by atoms with E-state index in [9.17, 15) is 4.79 Å². The third-order valence-corrected chi connectivity index (χ3v) is 4.79. The van der Waals surface area contributed by atoms with Gasteiger partial charge in [0.25, 0.3) is 0 Å². The number of halogens is 1. The van der Waals surface area contributed by atoms with Crippen molar-refractivity contribution in [3.8, 4) is 5.69 Å². The maximum Gasteiger partial charge on any atom is 0.303 e. The normalized spacial score (nSPS) is 13.8. The molecule has 1 aromatic heterocycles. The van der Waals surface area contributed by atoms with Crippen LogP contribution in [0.1, 0.15) is 49.1 Å². The standard InChI is InChI=1S/C19H22ClNO2/c20-15-9-11-16(12-10-15)21-17(6-2-4-8-19(22)23)13-14-5-1-3-7-18(14)21/h9-13H,1-8H2,(H,22,23). The fourth-order valence-corrected chi connectivity index (χ4v) is 3.57. The van der Waals surface area contributed by atoms with Crippen LogP contribution in [0, 0.1) is 0 Å². The molecule has 3 rings (SSSR count). The number of carboxylic acid groups (broad SMARTS) is 1. The van der Waals surface area contributed by atoms with E-state index >= 15 is 0 Å². The molecule has 0 spiro atoms. The first-order valence-corrected chi connectivity index (χ1v) is 8.73. The third kappa shape index (κ3) is 3.78. The molecule has 23 heavy (non-hydrogen) atoms. The van der Waals surface area contributed by atoms with Crippen molar-refractivity contribution < 1.29 is 9.90 Å². The predicted molar refractivity (Wildman–Crippen MR) is 92.6 cm³/mol. The zero-order valence-corrected chi connectivity index (χ0v) is 14.0. The van der Waals surface area contributed by atoms with E-state index in [2.05, 4.69) is 22.8 Å². The number of aliphatic carboxylic acids is 1. The summed E-state index contributed by atoms with van der Waals surface area (Å²) in [5.41, 5.74) is 5.33. The SMILES string of the molecule is O=C(O)CCCCc1cc2c(n1-c1ccc(Cl)cc1)CCCC2. The van der Waals surface area contributed by atoms with Crippen LogP contribution in [-0.2, 0) is 24.1 Å². The first-order valence-electron chi connectivity index (χ1n) is 8.35. The molecule has 4 heteroatoms. The minimum atomic E-state index is -0.711. The lowest BCUT2D eigenvalue weighted by Crippen LogP contribution is -2.09. The minimum absolute atomic E-state index is 0.251. The van der Waals surface area contributed by atoms with Gasteiger partial charge < -0.3 is 9.67 Å². The Morgan fingerprint density at radius 1 is 1.13 bits per heavy atom. The molecule has 2 aromatic rings. The Morgan fingerprint density at radius 2 is 1.87 bits per heavy atom. The Kier molecular flexibility index (Phi) is 5.06. The quantitative estimate of drug-likeness (QED) is 0.772. The highest BCUT2D eigenvalue weighted by Gasteiger charge is 2.19. The molecule has 0 radical (unpaired) electrons. The van der Waals surface area contributed by atoms with Crippen molar-refractivity contribution in [1.82, 2.24) is 4.57 Å². The van der Waals surface area contributed by atoms with Crippen LogP contribution in [0.25, 0.3) is 5.69 Å². The molecule has 0 atom stereocenters. The molecular formula is C19H22ClNO2. The number of hydrogen-bond donors (Lipinski definition) is 1. The van der Waals surface area contributed by atoms with E-state index in [4.69, 9.17) is 16.7 Å². The van der Waals surface area contributed by atoms with Crippen LogP contribution in [0.3, 0.4) is 0 Å². The van der Waals surface area contributed by atoms with Gasteiger partial charge in [0.1, 0.15) is 0 Å². The molecule has 1 aromatic carbocycles. The maximum absolute atomic E-state index is 10.7. The molecular weight excluding hydrogens is 310 g/mol. The first-order chi connectivity index (χ1) is 11.1. The average Bonchev–Trinajstić information content (AvgIpc) is 2.90. The predicted octanol–water partition coefficient (Wildman–Crippen LogP) is 4.81. The van der Waals surface area contributed by atoms with E-state index in [1.165, 1.54) is 29.8 Å². The molecule has 1 N–H and O–H groups in total. The smallest absolute Gasteiger partial charge is 0.303 e. The van der Waals surface area contributed by atoms with Crippen molar-refractivity contribution in [3.05, 3.63) is 52.3 Å². The second-order valence-corrected chi connectivity index (χ2v) is 6.66. The number of benzene rings is 1. The van der Waals surface area contributed by atoms with Crippen molar-refractivity contribution in [2.24, 2.45) is 0 Å². The zero-order chi connectivity index (χ0) is 16.2. The summed E-state index contributed by atoms with van der Waals surface area (Å²) in [6, 6.07) is 10.3. The molecule has 0 amide bonds. The molecule has 1 aliphatic carbocycles. The van der Waals surface area contributed by atoms with Crippen LogP contribution in [0.5, 0.6) is 0 Å². The zero-order valence-electron chi connectivity index (χ0n) is 13.2. The summed E-state index contributed by atoms with van der Waals surface area (Å²) in [6.45, 7) is 0. The van der Waals surface area contributed by atoms with Crippen LogP contribution in [0.15, 0.2) is 30.3 Å². The van der Waals surface area contributed by atoms with Gasteiger partial charge in [0.15, 0.2) is 0 Å². The number of aromatic nitrogens is 1. The van der Waals surface area contributed by atoms with Crippen LogP contribution >= 0.6 is 11.6 Å². The molecule has 3 nitrogen and oxygen atoms in total. The lowest BCUT2D eigenvalue weighted by molar-refractivity contribution is -0.137. The van der Waals surface area contributed by atoms with Gasteiger partial charge in [-0.3, -0.25) is 4.79 Å². The maximum atomic E-state index is 10.7. The van der Waals surface area contributed by atoms with Gasteiger partial charge in [0, 0.05) is 28.5 Å². The topological polar surface area (TPSA) is 42.2 Å². The summed E-state index contributed by atoms with van der Waals surface area (Å²) in [5, 5.41) is 9.53. The molecule has 0 saturated carbocycles. The van der Waals surface area contributed by atoms with Gasteiger partial charge in [-0.25, -0.2) is 0 Å². The van der Waals surface area contributed by atoms with Crippen molar-refractivity contribution in [3.63, 3.8) is 0 Å². The van der Waals surface area contributed by atoms with Gasteiger partial charge >= 0.3 is 5.97 Å². The number of hydrogen-bond acceptors (Lipinski definition) is 1. The molecule has 0 fully saturated rings.